The molecule has 0 radical (unpaired) electrons. The van der Waals surface area contributed by atoms with E-state index in [0.29, 0.717) is 29.7 Å². The Hall–Kier alpha value is -3.61. The van der Waals surface area contributed by atoms with Gasteiger partial charge in [-0.3, -0.25) is 4.79 Å². The number of rotatable bonds is 7. The molecule has 7 nitrogen and oxygen atoms in total. The molecule has 144 valence electrons. The Balaban J connectivity index is 1.82. The van der Waals surface area contributed by atoms with E-state index in [1.807, 2.05) is 42.2 Å². The summed E-state index contributed by atoms with van der Waals surface area (Å²) in [5, 5.41) is 2.82. The van der Waals surface area contributed by atoms with Gasteiger partial charge in [-0.25, -0.2) is 9.97 Å². The molecule has 1 N–H and O–H groups in total. The van der Waals surface area contributed by atoms with Gasteiger partial charge in [0.15, 0.2) is 11.5 Å². The van der Waals surface area contributed by atoms with Crippen LogP contribution in [0.5, 0.6) is 11.5 Å². The lowest BCUT2D eigenvalue weighted by molar-refractivity contribution is 0.102. The highest BCUT2D eigenvalue weighted by Gasteiger charge is 2.15. The molecule has 1 heterocycles. The molecule has 7 heteroatoms. The van der Waals surface area contributed by atoms with Crippen LogP contribution in [0.4, 0.5) is 17.3 Å². The maximum absolute atomic E-state index is 12.7. The van der Waals surface area contributed by atoms with E-state index in [1.165, 1.54) is 0 Å². The number of methoxy groups -OCH3 is 2. The highest BCUT2D eigenvalue weighted by atomic mass is 16.5. The number of hydrogen-bond donors (Lipinski definition) is 1. The van der Waals surface area contributed by atoms with E-state index in [9.17, 15) is 4.79 Å². The minimum atomic E-state index is -0.333. The zero-order valence-electron chi connectivity index (χ0n) is 16.0. The van der Waals surface area contributed by atoms with Crippen molar-refractivity contribution >= 4 is 23.2 Å². The molecule has 0 bridgehead atoms. The molecule has 0 atom stereocenters. The fraction of sp³-hybridized carbons (Fsp3) is 0.190. The number of nitrogens with one attached hydrogen (secondary N) is 1. The Morgan fingerprint density at radius 3 is 2.46 bits per heavy atom. The van der Waals surface area contributed by atoms with Crippen molar-refractivity contribution in [1.29, 1.82) is 0 Å². The molecule has 1 amide bonds. The van der Waals surface area contributed by atoms with Crippen LogP contribution in [-0.4, -0.2) is 36.6 Å². The number of carbonyl (C=O) groups is 1. The normalized spacial score (nSPS) is 10.2. The van der Waals surface area contributed by atoms with Gasteiger partial charge in [0.2, 0.25) is 5.95 Å². The van der Waals surface area contributed by atoms with Gasteiger partial charge in [-0.15, -0.1) is 0 Å². The highest BCUT2D eigenvalue weighted by Crippen LogP contribution is 2.30. The quantitative estimate of drug-likeness (QED) is 0.672. The minimum Gasteiger partial charge on any atom is -0.493 e. The fourth-order valence-electron chi connectivity index (χ4n) is 2.76. The summed E-state index contributed by atoms with van der Waals surface area (Å²) in [5.74, 6) is 1.25. The average molecular weight is 378 g/mol. The highest BCUT2D eigenvalue weighted by molar-refractivity contribution is 6.03. The van der Waals surface area contributed by atoms with Gasteiger partial charge in [0, 0.05) is 30.2 Å². The summed E-state index contributed by atoms with van der Waals surface area (Å²) in [6.45, 7) is 2.68. The van der Waals surface area contributed by atoms with Gasteiger partial charge in [0.1, 0.15) is 5.69 Å². The zero-order valence-corrected chi connectivity index (χ0v) is 16.0. The number of hydrogen-bond acceptors (Lipinski definition) is 6. The minimum absolute atomic E-state index is 0.272. The van der Waals surface area contributed by atoms with Crippen molar-refractivity contribution in [2.45, 2.75) is 6.92 Å². The van der Waals surface area contributed by atoms with Crippen molar-refractivity contribution < 1.29 is 14.3 Å². The molecule has 0 unspecified atom stereocenters. The van der Waals surface area contributed by atoms with Crippen molar-refractivity contribution in [2.75, 3.05) is 31.0 Å². The molecular formula is C21H22N4O3. The summed E-state index contributed by atoms with van der Waals surface area (Å²) in [5.41, 5.74) is 1.81. The molecule has 0 aliphatic heterocycles. The van der Waals surface area contributed by atoms with E-state index in [1.54, 1.807) is 44.7 Å². The van der Waals surface area contributed by atoms with Crippen molar-refractivity contribution in [3.05, 3.63) is 66.5 Å². The van der Waals surface area contributed by atoms with E-state index in [2.05, 4.69) is 15.3 Å². The van der Waals surface area contributed by atoms with E-state index in [-0.39, 0.29) is 11.6 Å². The molecule has 0 aliphatic carbocycles. The number of amides is 1. The third-order valence-electron chi connectivity index (χ3n) is 4.14. The molecule has 0 aliphatic rings. The van der Waals surface area contributed by atoms with Gasteiger partial charge >= 0.3 is 0 Å². The number of carbonyl (C=O) groups excluding carboxylic acids is 1. The van der Waals surface area contributed by atoms with Crippen molar-refractivity contribution in [1.82, 2.24) is 9.97 Å². The first-order chi connectivity index (χ1) is 13.7. The van der Waals surface area contributed by atoms with Crippen LogP contribution in [0.3, 0.4) is 0 Å². The molecular weight excluding hydrogens is 356 g/mol. The number of aromatic nitrogens is 2. The Morgan fingerprint density at radius 2 is 1.79 bits per heavy atom. The predicted octanol–water partition coefficient (Wildman–Crippen LogP) is 3.90. The van der Waals surface area contributed by atoms with Crippen molar-refractivity contribution in [3.63, 3.8) is 0 Å². The lowest BCUT2D eigenvalue weighted by Crippen LogP contribution is -2.21. The molecule has 3 rings (SSSR count). The summed E-state index contributed by atoms with van der Waals surface area (Å²) in [4.78, 5) is 23.4. The second kappa shape index (κ2) is 8.85. The van der Waals surface area contributed by atoms with Crippen LogP contribution in [0.1, 0.15) is 17.4 Å². The molecule has 0 fully saturated rings. The second-order valence-electron chi connectivity index (χ2n) is 5.85. The topological polar surface area (TPSA) is 76.6 Å². The Bertz CT molecular complexity index is 947. The van der Waals surface area contributed by atoms with E-state index >= 15 is 0 Å². The Morgan fingerprint density at radius 1 is 1.04 bits per heavy atom. The first kappa shape index (κ1) is 19.2. The van der Waals surface area contributed by atoms with Crippen LogP contribution in [0, 0.1) is 0 Å². The second-order valence-corrected chi connectivity index (χ2v) is 5.85. The summed E-state index contributed by atoms with van der Waals surface area (Å²) >= 11 is 0. The SMILES string of the molecule is CCN(c1ccccc1)c1nccc(C(=O)Nc2ccc(OC)c(OC)c2)n1. The molecule has 1 aromatic heterocycles. The van der Waals surface area contributed by atoms with Crippen LogP contribution >= 0.6 is 0 Å². The summed E-state index contributed by atoms with van der Waals surface area (Å²) in [6.07, 6.45) is 1.58. The zero-order chi connectivity index (χ0) is 19.9. The van der Waals surface area contributed by atoms with Crippen LogP contribution in [-0.2, 0) is 0 Å². The van der Waals surface area contributed by atoms with E-state index in [0.717, 1.165) is 5.69 Å². The number of anilines is 3. The van der Waals surface area contributed by atoms with E-state index < -0.39 is 0 Å². The van der Waals surface area contributed by atoms with Gasteiger partial charge in [-0.05, 0) is 37.3 Å². The molecule has 2 aromatic carbocycles. The van der Waals surface area contributed by atoms with Crippen LogP contribution in [0.25, 0.3) is 0 Å². The Kier molecular flexibility index (Phi) is 6.06. The van der Waals surface area contributed by atoms with Crippen LogP contribution in [0.15, 0.2) is 60.8 Å². The number of ether oxygens (including phenoxy) is 2. The lowest BCUT2D eigenvalue weighted by atomic mass is 10.2. The molecule has 0 saturated heterocycles. The fourth-order valence-corrected chi connectivity index (χ4v) is 2.76. The average Bonchev–Trinajstić information content (AvgIpc) is 2.75. The molecule has 28 heavy (non-hydrogen) atoms. The Labute approximate surface area is 164 Å². The smallest absolute Gasteiger partial charge is 0.274 e. The molecule has 3 aromatic rings. The maximum Gasteiger partial charge on any atom is 0.274 e. The summed E-state index contributed by atoms with van der Waals surface area (Å²) in [6, 6.07) is 16.5. The van der Waals surface area contributed by atoms with Gasteiger partial charge in [0.05, 0.1) is 14.2 Å². The molecule has 0 spiro atoms. The van der Waals surface area contributed by atoms with Gasteiger partial charge < -0.3 is 19.7 Å². The molecule has 0 saturated carbocycles. The third kappa shape index (κ3) is 4.20. The van der Waals surface area contributed by atoms with Crippen LogP contribution < -0.4 is 19.7 Å². The van der Waals surface area contributed by atoms with Gasteiger partial charge in [-0.2, -0.15) is 0 Å². The predicted molar refractivity (Wildman–Crippen MR) is 109 cm³/mol. The third-order valence-corrected chi connectivity index (χ3v) is 4.14. The van der Waals surface area contributed by atoms with E-state index in [4.69, 9.17) is 9.47 Å². The lowest BCUT2D eigenvalue weighted by Gasteiger charge is -2.21. The summed E-state index contributed by atoms with van der Waals surface area (Å²) in [7, 11) is 3.10. The number of nitrogens with zero attached hydrogens (tertiary/aromatic N) is 3. The number of para-hydroxylation sites is 1. The van der Waals surface area contributed by atoms with Crippen molar-refractivity contribution in [2.24, 2.45) is 0 Å². The summed E-state index contributed by atoms with van der Waals surface area (Å²) < 4.78 is 10.5. The first-order valence-corrected chi connectivity index (χ1v) is 8.85. The van der Waals surface area contributed by atoms with Crippen LogP contribution in [0.2, 0.25) is 0 Å². The largest absolute Gasteiger partial charge is 0.493 e. The standard InChI is InChI=1S/C21H22N4O3/c1-4-25(16-8-6-5-7-9-16)21-22-13-12-17(24-21)20(26)23-15-10-11-18(27-2)19(14-15)28-3/h5-14H,4H2,1-3H3,(H,23,26). The van der Waals surface area contributed by atoms with Gasteiger partial charge in [-0.1, -0.05) is 18.2 Å². The maximum atomic E-state index is 12.7. The monoisotopic (exact) mass is 378 g/mol. The first-order valence-electron chi connectivity index (χ1n) is 8.85. The number of benzene rings is 2. The van der Waals surface area contributed by atoms with Gasteiger partial charge in [0.25, 0.3) is 5.91 Å². The van der Waals surface area contributed by atoms with Crippen molar-refractivity contribution in [3.8, 4) is 11.5 Å².